The van der Waals surface area contributed by atoms with Crippen molar-refractivity contribution in [3.63, 3.8) is 0 Å². The molecule has 54 heavy (non-hydrogen) atoms. The number of anilines is 1. The van der Waals surface area contributed by atoms with Gasteiger partial charge in [-0.3, -0.25) is 4.79 Å². The molecule has 5 nitrogen and oxygen atoms in total. The third-order valence-corrected chi connectivity index (χ3v) is 11.6. The Morgan fingerprint density at radius 3 is 1.72 bits per heavy atom. The minimum atomic E-state index is 0.0826. The van der Waals surface area contributed by atoms with Gasteiger partial charge in [0.1, 0.15) is 24.4 Å². The predicted octanol–water partition coefficient (Wildman–Crippen LogP) is 13.0. The molecule has 0 atom stereocenters. The summed E-state index contributed by atoms with van der Waals surface area (Å²) in [7, 11) is 1.97. The van der Waals surface area contributed by atoms with Crippen molar-refractivity contribution < 1.29 is 9.21 Å². The Kier molecular flexibility index (Phi) is 19.2. The monoisotopic (exact) mass is 737 g/mol. The molecule has 2 aromatic carbocycles. The number of amides is 1. The molecule has 1 amide bonds. The van der Waals surface area contributed by atoms with Crippen LogP contribution in [0.25, 0.3) is 33.4 Å². The summed E-state index contributed by atoms with van der Waals surface area (Å²) < 4.78 is 9.06. The lowest BCUT2D eigenvalue weighted by Crippen LogP contribution is -2.29. The largest absolute Gasteiger partial charge is 0.456 e. The molecule has 4 rings (SSSR count). The minimum absolute atomic E-state index is 0.0826. The highest BCUT2D eigenvalue weighted by molar-refractivity contribution is 6.09. The first-order valence-electron chi connectivity index (χ1n) is 22.2. The van der Waals surface area contributed by atoms with Crippen molar-refractivity contribution in [2.45, 2.75) is 150 Å². The van der Waals surface area contributed by atoms with Gasteiger partial charge in [-0.15, -0.1) is 0 Å². The van der Waals surface area contributed by atoms with Gasteiger partial charge in [0.25, 0.3) is 5.91 Å². The van der Waals surface area contributed by atoms with Crippen LogP contribution in [0.2, 0.25) is 0 Å². The first kappa shape index (κ1) is 43.1. The summed E-state index contributed by atoms with van der Waals surface area (Å²) in [6.07, 6.45) is 24.5. The third-order valence-electron chi connectivity index (χ3n) is 11.6. The summed E-state index contributed by atoms with van der Waals surface area (Å²) in [6.45, 7) is 15.5. The van der Waals surface area contributed by atoms with E-state index >= 15 is 0 Å². The van der Waals surface area contributed by atoms with Crippen molar-refractivity contribution in [1.29, 1.82) is 0 Å². The molecule has 0 unspecified atom stereocenters. The van der Waals surface area contributed by atoms with Crippen molar-refractivity contribution in [2.75, 3.05) is 44.7 Å². The molecule has 0 saturated carbocycles. The van der Waals surface area contributed by atoms with Crippen LogP contribution in [0.5, 0.6) is 0 Å². The predicted molar refractivity (Wildman–Crippen MR) is 234 cm³/mol. The summed E-state index contributed by atoms with van der Waals surface area (Å²) in [6, 6.07) is 21.3. The van der Waals surface area contributed by atoms with Gasteiger partial charge >= 0.3 is 0 Å². The van der Waals surface area contributed by atoms with E-state index in [-0.39, 0.29) is 5.91 Å². The van der Waals surface area contributed by atoms with Crippen LogP contribution >= 0.6 is 0 Å². The standard InChI is InChI=1S/C49H74N3O2/c1-7-12-13-14-15-16-17-18-19-20-21-22-23-24-25-26-27-30-37-50(6)49(53)43-32-29-28-31-42(43)48-44-35-33-40(51(8-2)9-3)38-46(44)54-47-39-41(34-36-45(47)48)52(10-4)11-5/h28-29,31-36,38-39H,7-27,30,37H2,1-6H3/q+1. The third kappa shape index (κ3) is 12.5. The van der Waals surface area contributed by atoms with Crippen LogP contribution in [-0.4, -0.2) is 50.6 Å². The van der Waals surface area contributed by atoms with E-state index in [0.29, 0.717) is 0 Å². The molecule has 1 aliphatic carbocycles. The highest BCUT2D eigenvalue weighted by Gasteiger charge is 2.24. The molecule has 0 saturated heterocycles. The summed E-state index contributed by atoms with van der Waals surface area (Å²) in [5.41, 5.74) is 5.79. The van der Waals surface area contributed by atoms with Crippen molar-refractivity contribution >= 4 is 22.6 Å². The molecular formula is C49H74N3O2+. The zero-order chi connectivity index (χ0) is 38.5. The van der Waals surface area contributed by atoms with E-state index in [1.807, 2.05) is 24.1 Å². The molecule has 0 N–H and O–H groups in total. The van der Waals surface area contributed by atoms with Gasteiger partial charge in [-0.1, -0.05) is 134 Å². The van der Waals surface area contributed by atoms with E-state index in [9.17, 15) is 4.79 Å². The zero-order valence-electron chi connectivity index (χ0n) is 35.2. The average Bonchev–Trinajstić information content (AvgIpc) is 3.20. The lowest BCUT2D eigenvalue weighted by molar-refractivity contribution is 0.0793. The molecule has 1 aliphatic heterocycles. The molecule has 296 valence electrons. The van der Waals surface area contributed by atoms with E-state index in [0.717, 1.165) is 89.2 Å². The molecular weight excluding hydrogens is 663 g/mol. The fourth-order valence-electron chi connectivity index (χ4n) is 8.17. The molecule has 5 heteroatoms. The van der Waals surface area contributed by atoms with E-state index in [1.165, 1.54) is 109 Å². The number of carbonyl (C=O) groups excluding carboxylic acids is 1. The van der Waals surface area contributed by atoms with Crippen molar-refractivity contribution in [3.8, 4) is 22.5 Å². The Morgan fingerprint density at radius 1 is 0.611 bits per heavy atom. The number of nitrogens with zero attached hydrogens (tertiary/aromatic N) is 3. The van der Waals surface area contributed by atoms with Crippen LogP contribution in [0.15, 0.2) is 65.1 Å². The summed E-state index contributed by atoms with van der Waals surface area (Å²) in [4.78, 5) is 18.4. The second-order valence-corrected chi connectivity index (χ2v) is 15.5. The molecule has 0 radical (unpaired) electrons. The van der Waals surface area contributed by atoms with Crippen LogP contribution in [0.1, 0.15) is 161 Å². The Balaban J connectivity index is 1.34. The van der Waals surface area contributed by atoms with Gasteiger partial charge in [-0.05, 0) is 63.9 Å². The SMILES string of the molecule is CCCCCCCCCCCCCCCCCCCCN(C)C(=O)c1ccccc1-c1c2ccc(=[N+](CC)CC)cc-2oc2cc(N(CC)CC)ccc12. The van der Waals surface area contributed by atoms with Crippen LogP contribution in [-0.2, 0) is 0 Å². The second-order valence-electron chi connectivity index (χ2n) is 15.5. The molecule has 0 spiro atoms. The number of carbonyl (C=O) groups is 1. The summed E-state index contributed by atoms with van der Waals surface area (Å²) in [5, 5.41) is 2.18. The summed E-state index contributed by atoms with van der Waals surface area (Å²) >= 11 is 0. The lowest BCUT2D eigenvalue weighted by Gasteiger charge is -2.23. The molecule has 0 fully saturated rings. The van der Waals surface area contributed by atoms with Crippen molar-refractivity contribution in [3.05, 3.63) is 71.6 Å². The van der Waals surface area contributed by atoms with Gasteiger partial charge in [0.15, 0.2) is 0 Å². The van der Waals surface area contributed by atoms with Crippen LogP contribution in [0, 0.1) is 0 Å². The van der Waals surface area contributed by atoms with Gasteiger partial charge in [-0.2, -0.15) is 0 Å². The molecule has 0 aromatic heterocycles. The fraction of sp³-hybridized carbons (Fsp3) is 0.592. The molecule has 1 heterocycles. The number of benzene rings is 3. The Bertz CT molecular complexity index is 1710. The van der Waals surface area contributed by atoms with Crippen molar-refractivity contribution in [2.24, 2.45) is 0 Å². The fourth-order valence-corrected chi connectivity index (χ4v) is 8.17. The first-order chi connectivity index (χ1) is 26.5. The Labute approximate surface area is 329 Å². The van der Waals surface area contributed by atoms with Crippen LogP contribution in [0.4, 0.5) is 5.69 Å². The highest BCUT2D eigenvalue weighted by Crippen LogP contribution is 2.42. The molecule has 0 bridgehead atoms. The van der Waals surface area contributed by atoms with Gasteiger partial charge < -0.3 is 14.2 Å². The second kappa shape index (κ2) is 24.0. The maximum absolute atomic E-state index is 14.2. The molecule has 2 aromatic rings. The number of unbranched alkanes of at least 4 members (excludes halogenated alkanes) is 17. The van der Waals surface area contributed by atoms with E-state index < -0.39 is 0 Å². The minimum Gasteiger partial charge on any atom is -0.456 e. The van der Waals surface area contributed by atoms with Gasteiger partial charge in [0.05, 0.1) is 6.07 Å². The zero-order valence-corrected chi connectivity index (χ0v) is 35.2. The quantitative estimate of drug-likeness (QED) is 0.0366. The normalized spacial score (nSPS) is 11.4. The lowest BCUT2D eigenvalue weighted by atomic mass is 9.90. The Morgan fingerprint density at radius 2 is 1.17 bits per heavy atom. The number of hydrogen-bond donors (Lipinski definition) is 0. The van der Waals surface area contributed by atoms with Gasteiger partial charge in [0, 0.05) is 66.6 Å². The van der Waals surface area contributed by atoms with Crippen molar-refractivity contribution in [1.82, 2.24) is 9.48 Å². The van der Waals surface area contributed by atoms with E-state index in [1.54, 1.807) is 0 Å². The van der Waals surface area contributed by atoms with E-state index in [4.69, 9.17) is 4.42 Å². The van der Waals surface area contributed by atoms with Crippen LogP contribution < -0.4 is 14.8 Å². The number of fused-ring (bicyclic) bond motifs is 2. The Hall–Kier alpha value is -3.60. The van der Waals surface area contributed by atoms with Gasteiger partial charge in [0.2, 0.25) is 5.36 Å². The average molecular weight is 737 g/mol. The molecule has 2 aliphatic rings. The maximum Gasteiger partial charge on any atom is 0.254 e. The maximum atomic E-state index is 14.2. The smallest absolute Gasteiger partial charge is 0.254 e. The highest BCUT2D eigenvalue weighted by atomic mass is 16.3. The van der Waals surface area contributed by atoms with E-state index in [2.05, 4.69) is 92.6 Å². The van der Waals surface area contributed by atoms with Gasteiger partial charge in [-0.25, -0.2) is 4.58 Å². The first-order valence-corrected chi connectivity index (χ1v) is 22.2. The number of rotatable bonds is 26. The van der Waals surface area contributed by atoms with Crippen LogP contribution in [0.3, 0.4) is 0 Å². The number of hydrogen-bond acceptors (Lipinski definition) is 3. The topological polar surface area (TPSA) is 39.7 Å². The summed E-state index contributed by atoms with van der Waals surface area (Å²) in [5.74, 6) is 0.923.